The number of carbonyl (C=O) groups is 1. The molecule has 30 heavy (non-hydrogen) atoms. The molecule has 1 aromatic rings. The minimum atomic E-state index is -3.00. The van der Waals surface area contributed by atoms with Gasteiger partial charge in [0, 0.05) is 12.3 Å². The molecule has 0 amide bonds. The molecule has 0 N–H and O–H groups in total. The van der Waals surface area contributed by atoms with Gasteiger partial charge in [-0.3, -0.25) is 4.79 Å². The van der Waals surface area contributed by atoms with Crippen molar-refractivity contribution in [2.45, 2.75) is 96.3 Å². The summed E-state index contributed by atoms with van der Waals surface area (Å²) in [6.45, 7) is 5.63. The largest absolute Gasteiger partial charge is 0.490 e. The van der Waals surface area contributed by atoms with E-state index in [-0.39, 0.29) is 22.8 Å². The van der Waals surface area contributed by atoms with Crippen molar-refractivity contribution in [3.05, 3.63) is 29.3 Å². The van der Waals surface area contributed by atoms with Gasteiger partial charge in [-0.15, -0.1) is 0 Å². The van der Waals surface area contributed by atoms with E-state index in [9.17, 15) is 13.2 Å². The molecule has 168 valence electrons. The van der Waals surface area contributed by atoms with Gasteiger partial charge in [0.1, 0.15) is 11.5 Å². The van der Waals surface area contributed by atoms with Gasteiger partial charge in [-0.1, -0.05) is 19.1 Å². The molecule has 2 aliphatic carbocycles. The van der Waals surface area contributed by atoms with Crippen LogP contribution in [0.2, 0.25) is 0 Å². The summed E-state index contributed by atoms with van der Waals surface area (Å²) in [5, 5.41) is -0.315. The number of aryl methyl sites for hydroxylation is 1. The molecule has 2 fully saturated rings. The highest BCUT2D eigenvalue weighted by Gasteiger charge is 2.30. The Morgan fingerprint density at radius 2 is 1.73 bits per heavy atom. The second-order valence-corrected chi connectivity index (χ2v) is 12.2. The van der Waals surface area contributed by atoms with Crippen LogP contribution in [0, 0.1) is 11.8 Å². The summed E-state index contributed by atoms with van der Waals surface area (Å²) < 4.78 is 30.6. The Bertz CT molecular complexity index is 814. The smallest absolute Gasteiger partial charge is 0.152 e. The second-order valence-electron chi connectivity index (χ2n) is 9.56. The topological polar surface area (TPSA) is 60.4 Å². The molecular formula is C25H38O4S. The number of benzene rings is 1. The molecule has 1 aromatic carbocycles. The molecule has 2 saturated carbocycles. The Kier molecular flexibility index (Phi) is 8.00. The zero-order valence-corrected chi connectivity index (χ0v) is 19.7. The summed E-state index contributed by atoms with van der Waals surface area (Å²) in [7, 11) is -3.00. The van der Waals surface area contributed by atoms with Crippen molar-refractivity contribution in [2.75, 3.05) is 5.75 Å². The first-order valence-electron chi connectivity index (χ1n) is 11.8. The van der Waals surface area contributed by atoms with Gasteiger partial charge in [-0.25, -0.2) is 8.42 Å². The molecule has 0 atom stereocenters. The van der Waals surface area contributed by atoms with Crippen molar-refractivity contribution in [1.29, 1.82) is 0 Å². The van der Waals surface area contributed by atoms with Crippen molar-refractivity contribution in [3.63, 3.8) is 0 Å². The molecule has 0 bridgehead atoms. The minimum absolute atomic E-state index is 0.0718. The summed E-state index contributed by atoms with van der Waals surface area (Å²) in [5.41, 5.74) is 2.26. The number of hydrogen-bond donors (Lipinski definition) is 0. The highest BCUT2D eigenvalue weighted by Crippen LogP contribution is 2.32. The van der Waals surface area contributed by atoms with Crippen molar-refractivity contribution in [2.24, 2.45) is 11.8 Å². The third kappa shape index (κ3) is 6.09. The van der Waals surface area contributed by atoms with Crippen molar-refractivity contribution < 1.29 is 17.9 Å². The van der Waals surface area contributed by atoms with Crippen LogP contribution in [-0.4, -0.2) is 31.3 Å². The fourth-order valence-corrected chi connectivity index (χ4v) is 6.21. The highest BCUT2D eigenvalue weighted by molar-refractivity contribution is 7.91. The van der Waals surface area contributed by atoms with Gasteiger partial charge in [0.25, 0.3) is 0 Å². The first-order chi connectivity index (χ1) is 14.3. The van der Waals surface area contributed by atoms with E-state index in [0.29, 0.717) is 18.3 Å². The lowest BCUT2D eigenvalue weighted by molar-refractivity contribution is -0.123. The van der Waals surface area contributed by atoms with Gasteiger partial charge in [0.05, 0.1) is 17.1 Å². The fourth-order valence-electron chi connectivity index (χ4n) is 4.84. The summed E-state index contributed by atoms with van der Waals surface area (Å²) in [4.78, 5) is 12.9. The summed E-state index contributed by atoms with van der Waals surface area (Å²) in [5.74, 6) is 1.83. The van der Waals surface area contributed by atoms with E-state index in [1.54, 1.807) is 13.8 Å². The number of hydrogen-bond acceptors (Lipinski definition) is 4. The Balaban J connectivity index is 1.53. The van der Waals surface area contributed by atoms with Gasteiger partial charge >= 0.3 is 0 Å². The molecule has 0 heterocycles. The van der Waals surface area contributed by atoms with Crippen molar-refractivity contribution in [1.82, 2.24) is 0 Å². The van der Waals surface area contributed by atoms with Crippen LogP contribution in [-0.2, 0) is 27.5 Å². The Labute approximate surface area is 182 Å². The molecule has 0 radical (unpaired) electrons. The Morgan fingerprint density at radius 3 is 2.33 bits per heavy atom. The third-order valence-corrected chi connectivity index (χ3v) is 9.34. The minimum Gasteiger partial charge on any atom is -0.490 e. The standard InChI is InChI=1S/C25H38O4S/c1-4-21-15-20(11-14-25(21)29-23-7-5-6-8-23)16-24(26)22-12-9-19(10-13-22)17-30(27,28)18(2)3/h11,14-15,18-19,22-23H,4-10,12-13,16-17H2,1-3H3. The molecule has 0 saturated heterocycles. The maximum Gasteiger partial charge on any atom is 0.152 e. The molecule has 0 aliphatic heterocycles. The number of ketones is 1. The van der Waals surface area contributed by atoms with Crippen LogP contribution in [0.3, 0.4) is 0 Å². The van der Waals surface area contributed by atoms with E-state index < -0.39 is 9.84 Å². The van der Waals surface area contributed by atoms with Crippen LogP contribution in [0.5, 0.6) is 5.75 Å². The lowest BCUT2D eigenvalue weighted by atomic mass is 9.79. The van der Waals surface area contributed by atoms with Crippen LogP contribution in [0.4, 0.5) is 0 Å². The van der Waals surface area contributed by atoms with E-state index in [2.05, 4.69) is 13.0 Å². The Hall–Kier alpha value is -1.36. The number of rotatable bonds is 9. The summed E-state index contributed by atoms with van der Waals surface area (Å²) >= 11 is 0. The first kappa shape index (κ1) is 23.3. The molecule has 5 heteroatoms. The molecule has 2 aliphatic rings. The molecule has 0 spiro atoms. The van der Waals surface area contributed by atoms with Gasteiger partial charge in [-0.2, -0.15) is 0 Å². The van der Waals surface area contributed by atoms with E-state index in [1.807, 2.05) is 12.1 Å². The van der Waals surface area contributed by atoms with Crippen LogP contribution in [0.15, 0.2) is 18.2 Å². The zero-order valence-electron chi connectivity index (χ0n) is 18.9. The number of sulfone groups is 1. The SMILES string of the molecule is CCc1cc(CC(=O)C2CCC(CS(=O)(=O)C(C)C)CC2)ccc1OC1CCCC1. The molecular weight excluding hydrogens is 396 g/mol. The molecule has 4 nitrogen and oxygen atoms in total. The van der Waals surface area contributed by atoms with Gasteiger partial charge in [-0.05, 0) is 94.7 Å². The maximum absolute atomic E-state index is 12.9. The lowest BCUT2D eigenvalue weighted by Gasteiger charge is -2.28. The predicted molar refractivity (Wildman–Crippen MR) is 122 cm³/mol. The van der Waals surface area contributed by atoms with Gasteiger partial charge < -0.3 is 4.74 Å². The zero-order chi connectivity index (χ0) is 21.7. The van der Waals surface area contributed by atoms with Crippen molar-refractivity contribution >= 4 is 15.6 Å². The van der Waals surface area contributed by atoms with Crippen LogP contribution in [0.1, 0.15) is 83.3 Å². The van der Waals surface area contributed by atoms with Crippen molar-refractivity contribution in [3.8, 4) is 5.75 Å². The normalized spacial score (nSPS) is 23.1. The second kappa shape index (κ2) is 10.3. The van der Waals surface area contributed by atoms with Crippen LogP contribution < -0.4 is 4.74 Å². The van der Waals surface area contributed by atoms with E-state index in [4.69, 9.17) is 4.74 Å². The van der Waals surface area contributed by atoms with Gasteiger partial charge in [0.2, 0.25) is 0 Å². The monoisotopic (exact) mass is 434 g/mol. The quantitative estimate of drug-likeness (QED) is 0.528. The maximum atomic E-state index is 12.9. The summed E-state index contributed by atoms with van der Waals surface area (Å²) in [6.07, 6.45) is 9.84. The summed E-state index contributed by atoms with van der Waals surface area (Å²) in [6, 6.07) is 6.23. The molecule has 3 rings (SSSR count). The number of Topliss-reactive ketones (excluding diaryl/α,β-unsaturated/α-hetero) is 1. The van der Waals surface area contributed by atoms with E-state index >= 15 is 0 Å². The third-order valence-electron chi connectivity index (χ3n) is 6.97. The molecule has 0 unspecified atom stereocenters. The van der Waals surface area contributed by atoms with E-state index in [0.717, 1.165) is 56.3 Å². The average molecular weight is 435 g/mol. The van der Waals surface area contributed by atoms with E-state index in [1.165, 1.54) is 18.4 Å². The molecule has 0 aromatic heterocycles. The number of ether oxygens (including phenoxy) is 1. The lowest BCUT2D eigenvalue weighted by Crippen LogP contribution is -2.29. The van der Waals surface area contributed by atoms with Gasteiger partial charge in [0.15, 0.2) is 9.84 Å². The van der Waals surface area contributed by atoms with Crippen LogP contribution >= 0.6 is 0 Å². The predicted octanol–water partition coefficient (Wildman–Crippen LogP) is 5.31. The first-order valence-corrected chi connectivity index (χ1v) is 13.5. The van der Waals surface area contributed by atoms with Crippen LogP contribution in [0.25, 0.3) is 0 Å². The fraction of sp³-hybridized carbons (Fsp3) is 0.720. The Morgan fingerprint density at radius 1 is 1.07 bits per heavy atom. The number of carbonyl (C=O) groups excluding carboxylic acids is 1. The average Bonchev–Trinajstić information content (AvgIpc) is 3.22. The highest BCUT2D eigenvalue weighted by atomic mass is 32.2.